The van der Waals surface area contributed by atoms with E-state index >= 15 is 0 Å². The largest absolute Gasteiger partial charge is 0.506 e. The van der Waals surface area contributed by atoms with Gasteiger partial charge in [-0.2, -0.15) is 0 Å². The van der Waals surface area contributed by atoms with Crippen molar-refractivity contribution in [1.29, 1.82) is 0 Å². The normalized spacial score (nSPS) is 10.7. The fourth-order valence-electron chi connectivity index (χ4n) is 1.33. The van der Waals surface area contributed by atoms with Crippen LogP contribution in [0.4, 0.5) is 5.69 Å². The van der Waals surface area contributed by atoms with Crippen LogP contribution in [0.25, 0.3) is 6.08 Å². The van der Waals surface area contributed by atoms with Gasteiger partial charge in [0.15, 0.2) is 0 Å². The minimum atomic E-state index is -0.319. The highest BCUT2D eigenvalue weighted by molar-refractivity contribution is 7.10. The average Bonchev–Trinajstić information content (AvgIpc) is 2.84. The number of halogens is 1. The summed E-state index contributed by atoms with van der Waals surface area (Å²) in [5, 5.41) is 14.5. The van der Waals surface area contributed by atoms with Crippen LogP contribution in [0.5, 0.6) is 5.75 Å². The van der Waals surface area contributed by atoms with Crippen molar-refractivity contribution in [2.24, 2.45) is 0 Å². The van der Waals surface area contributed by atoms with Gasteiger partial charge in [-0.05, 0) is 35.7 Å². The smallest absolute Gasteiger partial charge is 0.248 e. The molecule has 1 heterocycles. The molecule has 0 saturated heterocycles. The molecule has 3 nitrogen and oxygen atoms in total. The minimum absolute atomic E-state index is 0.0164. The molecule has 1 aromatic carbocycles. The number of hydrogen-bond acceptors (Lipinski definition) is 3. The lowest BCUT2D eigenvalue weighted by molar-refractivity contribution is -0.111. The first-order valence-corrected chi connectivity index (χ1v) is 6.42. The molecular weight excluding hydrogens is 270 g/mol. The Kier molecular flexibility index (Phi) is 4.02. The number of hydrogen-bond donors (Lipinski definition) is 2. The number of rotatable bonds is 3. The average molecular weight is 280 g/mol. The number of benzene rings is 1. The summed E-state index contributed by atoms with van der Waals surface area (Å²) in [6.07, 6.45) is 3.12. The number of amides is 1. The standard InChI is InChI=1S/C13H10ClNO2S/c14-9-3-5-12(16)11(8-9)15-13(17)6-4-10-2-1-7-18-10/h1-8,16H,(H,15,17)/b6-4+. The zero-order valence-corrected chi connectivity index (χ0v) is 10.8. The van der Waals surface area contributed by atoms with E-state index in [1.54, 1.807) is 12.1 Å². The van der Waals surface area contributed by atoms with Crippen LogP contribution in [0, 0.1) is 0 Å². The summed E-state index contributed by atoms with van der Waals surface area (Å²) in [4.78, 5) is 12.6. The molecule has 2 rings (SSSR count). The SMILES string of the molecule is O=C(/C=C/c1cccs1)Nc1cc(Cl)ccc1O. The molecule has 2 N–H and O–H groups in total. The van der Waals surface area contributed by atoms with Gasteiger partial charge < -0.3 is 10.4 Å². The van der Waals surface area contributed by atoms with Gasteiger partial charge in [-0.25, -0.2) is 0 Å². The molecule has 18 heavy (non-hydrogen) atoms. The highest BCUT2D eigenvalue weighted by Gasteiger charge is 2.04. The number of anilines is 1. The van der Waals surface area contributed by atoms with Crippen LogP contribution in [-0.2, 0) is 4.79 Å². The maximum atomic E-state index is 11.6. The first-order chi connectivity index (χ1) is 8.65. The Hall–Kier alpha value is -1.78. The van der Waals surface area contributed by atoms with E-state index in [4.69, 9.17) is 11.6 Å². The van der Waals surface area contributed by atoms with Crippen LogP contribution in [-0.4, -0.2) is 11.0 Å². The summed E-state index contributed by atoms with van der Waals surface area (Å²) in [6, 6.07) is 8.29. The van der Waals surface area contributed by atoms with Gasteiger partial charge >= 0.3 is 0 Å². The first kappa shape index (κ1) is 12.7. The molecule has 0 bridgehead atoms. The van der Waals surface area contributed by atoms with Gasteiger partial charge in [-0.3, -0.25) is 4.79 Å². The van der Waals surface area contributed by atoms with E-state index in [2.05, 4.69) is 5.32 Å². The topological polar surface area (TPSA) is 49.3 Å². The van der Waals surface area contributed by atoms with E-state index in [9.17, 15) is 9.90 Å². The van der Waals surface area contributed by atoms with Gasteiger partial charge in [0.1, 0.15) is 5.75 Å². The van der Waals surface area contributed by atoms with Gasteiger partial charge in [-0.15, -0.1) is 11.3 Å². The first-order valence-electron chi connectivity index (χ1n) is 5.16. The number of phenolic OH excluding ortho intramolecular Hbond substituents is 1. The number of carbonyl (C=O) groups excluding carboxylic acids is 1. The fraction of sp³-hybridized carbons (Fsp3) is 0. The molecule has 0 aliphatic heterocycles. The van der Waals surface area contributed by atoms with Gasteiger partial charge in [0.05, 0.1) is 5.69 Å². The van der Waals surface area contributed by atoms with Crippen molar-refractivity contribution in [3.63, 3.8) is 0 Å². The van der Waals surface area contributed by atoms with Gasteiger partial charge in [0, 0.05) is 16.0 Å². The molecular formula is C13H10ClNO2S. The lowest BCUT2D eigenvalue weighted by Gasteiger charge is -2.05. The third-order valence-electron chi connectivity index (χ3n) is 2.16. The highest BCUT2D eigenvalue weighted by Crippen LogP contribution is 2.26. The molecule has 0 unspecified atom stereocenters. The molecule has 0 aliphatic rings. The Morgan fingerprint density at radius 1 is 1.39 bits per heavy atom. The Morgan fingerprint density at radius 2 is 2.22 bits per heavy atom. The molecule has 1 aromatic heterocycles. The second kappa shape index (κ2) is 5.71. The summed E-state index contributed by atoms with van der Waals surface area (Å²) >= 11 is 7.32. The Morgan fingerprint density at radius 3 is 2.94 bits per heavy atom. The number of carbonyl (C=O) groups is 1. The van der Waals surface area contributed by atoms with E-state index in [1.165, 1.54) is 29.5 Å². The Bertz CT molecular complexity index is 579. The molecule has 0 saturated carbocycles. The van der Waals surface area contributed by atoms with E-state index in [0.717, 1.165) is 4.88 Å². The van der Waals surface area contributed by atoms with Crippen molar-refractivity contribution in [3.05, 3.63) is 51.7 Å². The lowest BCUT2D eigenvalue weighted by atomic mass is 10.3. The van der Waals surface area contributed by atoms with Crippen LogP contribution in [0.1, 0.15) is 4.88 Å². The van der Waals surface area contributed by atoms with Crippen molar-refractivity contribution in [1.82, 2.24) is 0 Å². The number of aromatic hydroxyl groups is 1. The lowest BCUT2D eigenvalue weighted by Crippen LogP contribution is -2.07. The van der Waals surface area contributed by atoms with Crippen LogP contribution < -0.4 is 5.32 Å². The fourth-order valence-corrected chi connectivity index (χ4v) is 2.12. The molecule has 0 radical (unpaired) electrons. The van der Waals surface area contributed by atoms with Gasteiger partial charge in [0.25, 0.3) is 0 Å². The molecule has 0 aliphatic carbocycles. The van der Waals surface area contributed by atoms with Gasteiger partial charge in [-0.1, -0.05) is 17.7 Å². The summed E-state index contributed by atoms with van der Waals surface area (Å²) in [5.74, 6) is -0.335. The maximum Gasteiger partial charge on any atom is 0.248 e. The zero-order valence-electron chi connectivity index (χ0n) is 9.26. The van der Waals surface area contributed by atoms with Crippen LogP contribution in [0.15, 0.2) is 41.8 Å². The van der Waals surface area contributed by atoms with E-state index in [0.29, 0.717) is 10.7 Å². The third kappa shape index (κ3) is 3.35. The monoisotopic (exact) mass is 279 g/mol. The summed E-state index contributed by atoms with van der Waals surface area (Å²) in [5.41, 5.74) is 0.295. The molecule has 5 heteroatoms. The highest BCUT2D eigenvalue weighted by atomic mass is 35.5. The van der Waals surface area contributed by atoms with E-state index in [1.807, 2.05) is 17.5 Å². The van der Waals surface area contributed by atoms with Crippen LogP contribution >= 0.6 is 22.9 Å². The summed E-state index contributed by atoms with van der Waals surface area (Å²) in [7, 11) is 0. The van der Waals surface area contributed by atoms with Crippen molar-refractivity contribution in [3.8, 4) is 5.75 Å². The van der Waals surface area contributed by atoms with Crippen LogP contribution in [0.2, 0.25) is 5.02 Å². The quantitative estimate of drug-likeness (QED) is 0.664. The summed E-state index contributed by atoms with van der Waals surface area (Å²) < 4.78 is 0. The predicted octanol–water partition coefficient (Wildman–Crippen LogP) is 3.76. The predicted molar refractivity (Wildman–Crippen MR) is 75.1 cm³/mol. The second-order valence-corrected chi connectivity index (χ2v) is 4.92. The zero-order chi connectivity index (χ0) is 13.0. The molecule has 2 aromatic rings. The molecule has 0 atom stereocenters. The molecule has 0 spiro atoms. The number of thiophene rings is 1. The van der Waals surface area contributed by atoms with Crippen molar-refractivity contribution < 1.29 is 9.90 Å². The maximum absolute atomic E-state index is 11.6. The molecule has 1 amide bonds. The minimum Gasteiger partial charge on any atom is -0.506 e. The van der Waals surface area contributed by atoms with Gasteiger partial charge in [0.2, 0.25) is 5.91 Å². The molecule has 0 fully saturated rings. The molecule has 92 valence electrons. The van der Waals surface area contributed by atoms with Crippen molar-refractivity contribution >= 4 is 40.6 Å². The van der Waals surface area contributed by atoms with Crippen molar-refractivity contribution in [2.75, 3.05) is 5.32 Å². The third-order valence-corrected chi connectivity index (χ3v) is 3.23. The number of phenols is 1. The number of nitrogens with one attached hydrogen (secondary N) is 1. The summed E-state index contributed by atoms with van der Waals surface area (Å²) in [6.45, 7) is 0. The van der Waals surface area contributed by atoms with E-state index < -0.39 is 0 Å². The van der Waals surface area contributed by atoms with Crippen LogP contribution in [0.3, 0.4) is 0 Å². The second-order valence-electron chi connectivity index (χ2n) is 3.50. The Labute approximate surface area is 113 Å². The van der Waals surface area contributed by atoms with E-state index in [-0.39, 0.29) is 11.7 Å². The Balaban J connectivity index is 2.05. The van der Waals surface area contributed by atoms with Crippen molar-refractivity contribution in [2.45, 2.75) is 0 Å².